The van der Waals surface area contributed by atoms with Crippen molar-refractivity contribution < 1.29 is 34.8 Å². The van der Waals surface area contributed by atoms with Crippen LogP contribution in [-0.4, -0.2) is 56.8 Å². The van der Waals surface area contributed by atoms with Gasteiger partial charge in [-0.1, -0.05) is 32.1 Å². The Morgan fingerprint density at radius 1 is 1.30 bits per heavy atom. The van der Waals surface area contributed by atoms with E-state index in [1.54, 1.807) is 6.08 Å². The lowest BCUT2D eigenvalue weighted by Gasteiger charge is -2.43. The summed E-state index contributed by atoms with van der Waals surface area (Å²) in [6, 6.07) is 0. The number of aliphatic carboxylic acids is 1. The van der Waals surface area contributed by atoms with E-state index in [2.05, 4.69) is 13.0 Å². The number of carboxylic acid groups (broad SMARTS) is 1. The molecule has 7 nitrogen and oxygen atoms in total. The van der Waals surface area contributed by atoms with Gasteiger partial charge in [0.1, 0.15) is 6.10 Å². The van der Waals surface area contributed by atoms with Crippen LogP contribution < -0.4 is 0 Å². The number of fused-ring (bicyclic) bond motifs is 1. The SMILES string of the molecule is CCC(C)(C)C(=O)O[C@H]1C[C@@H](O)C=C2C=C[C@H](C)[C@H](CC[C@@H](O)C[C@@H](O)C(=O)O)[C@H]21. The average molecular weight is 425 g/mol. The summed E-state index contributed by atoms with van der Waals surface area (Å²) in [5, 5.41) is 38.8. The van der Waals surface area contributed by atoms with Crippen molar-refractivity contribution in [3.63, 3.8) is 0 Å². The number of carboxylic acids is 1. The summed E-state index contributed by atoms with van der Waals surface area (Å²) in [7, 11) is 0. The van der Waals surface area contributed by atoms with Crippen LogP contribution in [0.2, 0.25) is 0 Å². The standard InChI is InChI=1S/C23H36O7/c1-5-23(3,4)22(29)30-19-12-16(25)10-14-7-6-13(2)17(20(14)19)9-8-15(24)11-18(26)21(27)28/h6-7,10,13,15-20,24-26H,5,8-9,11-12H2,1-4H3,(H,27,28)/t13-,15+,16-,17-,18+,19-,20-/m0/s1. The maximum absolute atomic E-state index is 12.7. The summed E-state index contributed by atoms with van der Waals surface area (Å²) in [5.74, 6) is -1.50. The van der Waals surface area contributed by atoms with Crippen molar-refractivity contribution in [2.45, 2.75) is 84.2 Å². The number of esters is 1. The fraction of sp³-hybridized carbons (Fsp3) is 0.739. The van der Waals surface area contributed by atoms with E-state index >= 15 is 0 Å². The van der Waals surface area contributed by atoms with Crippen LogP contribution in [0.5, 0.6) is 0 Å². The van der Waals surface area contributed by atoms with E-state index in [0.717, 1.165) is 5.57 Å². The fourth-order valence-electron chi connectivity index (χ4n) is 4.29. The number of hydrogen-bond acceptors (Lipinski definition) is 6. The van der Waals surface area contributed by atoms with Crippen LogP contribution in [0.4, 0.5) is 0 Å². The van der Waals surface area contributed by atoms with E-state index in [-0.39, 0.29) is 30.1 Å². The molecule has 0 saturated carbocycles. The Morgan fingerprint density at radius 3 is 2.57 bits per heavy atom. The summed E-state index contributed by atoms with van der Waals surface area (Å²) >= 11 is 0. The zero-order chi connectivity index (χ0) is 22.6. The normalized spacial score (nSPS) is 30.8. The molecule has 0 aromatic heterocycles. The molecule has 0 amide bonds. The summed E-state index contributed by atoms with van der Waals surface area (Å²) < 4.78 is 5.91. The van der Waals surface area contributed by atoms with Gasteiger partial charge in [0.15, 0.2) is 6.10 Å². The highest BCUT2D eigenvalue weighted by Crippen LogP contribution is 2.44. The third-order valence-corrected chi connectivity index (χ3v) is 6.68. The molecule has 0 saturated heterocycles. The molecule has 0 aromatic rings. The van der Waals surface area contributed by atoms with Gasteiger partial charge in [0, 0.05) is 18.8 Å². The first-order chi connectivity index (χ1) is 14.0. The molecule has 7 heteroatoms. The Labute approximate surface area is 178 Å². The van der Waals surface area contributed by atoms with Crippen LogP contribution in [0.25, 0.3) is 0 Å². The summed E-state index contributed by atoms with van der Waals surface area (Å²) in [6.45, 7) is 7.69. The zero-order valence-corrected chi connectivity index (χ0v) is 18.3. The van der Waals surface area contributed by atoms with Gasteiger partial charge in [0.2, 0.25) is 0 Å². The molecule has 0 aromatic carbocycles. The first-order valence-corrected chi connectivity index (χ1v) is 10.8. The molecule has 2 aliphatic rings. The van der Waals surface area contributed by atoms with E-state index in [9.17, 15) is 24.9 Å². The van der Waals surface area contributed by atoms with Crippen LogP contribution in [-0.2, 0) is 14.3 Å². The lowest BCUT2D eigenvalue weighted by atomic mass is 9.66. The number of carbonyl (C=O) groups excluding carboxylic acids is 1. The zero-order valence-electron chi connectivity index (χ0n) is 18.3. The van der Waals surface area contributed by atoms with Crippen molar-refractivity contribution >= 4 is 11.9 Å². The van der Waals surface area contributed by atoms with Crippen molar-refractivity contribution in [3.05, 3.63) is 23.8 Å². The van der Waals surface area contributed by atoms with E-state index in [0.29, 0.717) is 25.7 Å². The van der Waals surface area contributed by atoms with Crippen LogP contribution >= 0.6 is 0 Å². The molecule has 2 rings (SSSR count). The van der Waals surface area contributed by atoms with Gasteiger partial charge in [-0.05, 0) is 50.5 Å². The number of ether oxygens (including phenoxy) is 1. The minimum atomic E-state index is -1.59. The third kappa shape index (κ3) is 5.93. The first kappa shape index (κ1) is 24.6. The van der Waals surface area contributed by atoms with Gasteiger partial charge in [-0.3, -0.25) is 4.79 Å². The maximum atomic E-state index is 12.7. The Balaban J connectivity index is 2.16. The molecule has 0 radical (unpaired) electrons. The van der Waals surface area contributed by atoms with Crippen molar-refractivity contribution in [2.75, 3.05) is 0 Å². The molecule has 0 spiro atoms. The first-order valence-electron chi connectivity index (χ1n) is 10.8. The van der Waals surface area contributed by atoms with Crippen LogP contribution in [0.3, 0.4) is 0 Å². The monoisotopic (exact) mass is 424 g/mol. The largest absolute Gasteiger partial charge is 0.479 e. The van der Waals surface area contributed by atoms with Crippen LogP contribution in [0.1, 0.15) is 59.8 Å². The molecule has 0 unspecified atom stereocenters. The Kier molecular flexibility index (Phi) is 8.25. The van der Waals surface area contributed by atoms with Crippen molar-refractivity contribution in [3.8, 4) is 0 Å². The van der Waals surface area contributed by atoms with Gasteiger partial charge in [-0.2, -0.15) is 0 Å². The smallest absolute Gasteiger partial charge is 0.332 e. The van der Waals surface area contributed by atoms with Gasteiger partial charge in [0.25, 0.3) is 0 Å². The number of rotatable bonds is 9. The molecule has 0 fully saturated rings. The number of aliphatic hydroxyl groups is 3. The number of hydrogen-bond donors (Lipinski definition) is 4. The molecule has 170 valence electrons. The summed E-state index contributed by atoms with van der Waals surface area (Å²) in [6.07, 6.45) is 3.84. The molecular formula is C23H36O7. The van der Waals surface area contributed by atoms with Crippen LogP contribution in [0, 0.1) is 23.2 Å². The molecule has 2 aliphatic carbocycles. The van der Waals surface area contributed by atoms with Crippen molar-refractivity contribution in [1.82, 2.24) is 0 Å². The second-order valence-corrected chi connectivity index (χ2v) is 9.38. The number of aliphatic hydroxyl groups excluding tert-OH is 3. The lowest BCUT2D eigenvalue weighted by Crippen LogP contribution is -2.44. The molecule has 0 heterocycles. The molecule has 0 bridgehead atoms. The highest BCUT2D eigenvalue weighted by molar-refractivity contribution is 5.76. The summed E-state index contributed by atoms with van der Waals surface area (Å²) in [4.78, 5) is 23.5. The number of allylic oxidation sites excluding steroid dienone is 2. The second-order valence-electron chi connectivity index (χ2n) is 9.38. The minimum Gasteiger partial charge on any atom is -0.479 e. The number of carbonyl (C=O) groups is 2. The van der Waals surface area contributed by atoms with Gasteiger partial charge < -0.3 is 25.2 Å². The van der Waals surface area contributed by atoms with Gasteiger partial charge in [0.05, 0.1) is 17.6 Å². The molecule has 0 aliphatic heterocycles. The van der Waals surface area contributed by atoms with E-state index in [1.165, 1.54) is 0 Å². The predicted octanol–water partition coefficient (Wildman–Crippen LogP) is 2.44. The van der Waals surface area contributed by atoms with E-state index in [4.69, 9.17) is 9.84 Å². The van der Waals surface area contributed by atoms with E-state index < -0.39 is 35.8 Å². The summed E-state index contributed by atoms with van der Waals surface area (Å²) in [5.41, 5.74) is 0.324. The predicted molar refractivity (Wildman–Crippen MR) is 111 cm³/mol. The average Bonchev–Trinajstić information content (AvgIpc) is 2.67. The van der Waals surface area contributed by atoms with Crippen molar-refractivity contribution in [1.29, 1.82) is 0 Å². The van der Waals surface area contributed by atoms with Gasteiger partial charge >= 0.3 is 11.9 Å². The van der Waals surface area contributed by atoms with Gasteiger partial charge in [-0.25, -0.2) is 4.79 Å². The highest BCUT2D eigenvalue weighted by Gasteiger charge is 2.43. The minimum absolute atomic E-state index is 0.0629. The highest BCUT2D eigenvalue weighted by atomic mass is 16.5. The molecule has 30 heavy (non-hydrogen) atoms. The second kappa shape index (κ2) is 10.1. The molecule has 7 atom stereocenters. The Morgan fingerprint density at radius 2 is 1.97 bits per heavy atom. The van der Waals surface area contributed by atoms with Gasteiger partial charge in [-0.15, -0.1) is 0 Å². The topological polar surface area (TPSA) is 124 Å². The Bertz CT molecular complexity index is 681. The lowest BCUT2D eigenvalue weighted by molar-refractivity contribution is -0.165. The quantitative estimate of drug-likeness (QED) is 0.419. The molecular weight excluding hydrogens is 388 g/mol. The van der Waals surface area contributed by atoms with Crippen molar-refractivity contribution in [2.24, 2.45) is 23.2 Å². The van der Waals surface area contributed by atoms with Crippen LogP contribution in [0.15, 0.2) is 23.8 Å². The fourth-order valence-corrected chi connectivity index (χ4v) is 4.29. The Hall–Kier alpha value is -1.70. The molecule has 4 N–H and O–H groups in total. The van der Waals surface area contributed by atoms with E-state index in [1.807, 2.05) is 26.8 Å². The maximum Gasteiger partial charge on any atom is 0.332 e. The third-order valence-electron chi connectivity index (χ3n) is 6.68.